The second-order valence-electron chi connectivity index (χ2n) is 8.50. The van der Waals surface area contributed by atoms with Crippen molar-refractivity contribution in [3.63, 3.8) is 0 Å². The third-order valence-corrected chi connectivity index (χ3v) is 12.4. The fourth-order valence-corrected chi connectivity index (χ4v) is 10.8. The molecule has 2 aromatic rings. The van der Waals surface area contributed by atoms with Crippen LogP contribution in [0.3, 0.4) is 0 Å². The number of carbonyl (C=O) groups excluding carboxylic acids is 1. The van der Waals surface area contributed by atoms with E-state index in [9.17, 15) is 4.79 Å². The summed E-state index contributed by atoms with van der Waals surface area (Å²) in [6, 6.07) is 7.79. The molecule has 146 valence electrons. The van der Waals surface area contributed by atoms with Gasteiger partial charge in [0.2, 0.25) is 0 Å². The number of hydrogen-bond acceptors (Lipinski definition) is 4. The third-order valence-electron chi connectivity index (χ3n) is 4.96. The topological polar surface area (TPSA) is 52.1 Å². The summed E-state index contributed by atoms with van der Waals surface area (Å²) in [6.07, 6.45) is 3.62. The fourth-order valence-electron chi connectivity index (χ4n) is 3.63. The fraction of sp³-hybridized carbons (Fsp3) is 0.476. The number of benzene rings is 1. The molecule has 0 radical (unpaired) electrons. The van der Waals surface area contributed by atoms with Gasteiger partial charge in [0.1, 0.15) is 11.2 Å². The van der Waals surface area contributed by atoms with E-state index in [2.05, 4.69) is 66.3 Å². The number of nitrogens with zero attached hydrogens (tertiary/aromatic N) is 2. The van der Waals surface area contributed by atoms with Gasteiger partial charge >= 0.3 is 5.97 Å². The zero-order chi connectivity index (χ0) is 20.4. The summed E-state index contributed by atoms with van der Waals surface area (Å²) in [7, 11) is -2.42. The molecule has 0 saturated heterocycles. The van der Waals surface area contributed by atoms with Gasteiger partial charge in [-0.05, 0) is 72.6 Å². The van der Waals surface area contributed by atoms with Gasteiger partial charge in [-0.1, -0.05) is 33.8 Å². The van der Waals surface area contributed by atoms with E-state index in [1.165, 1.54) is 0 Å². The maximum absolute atomic E-state index is 12.7. The van der Waals surface area contributed by atoms with E-state index in [1.54, 1.807) is 0 Å². The minimum Gasteiger partial charge on any atom is -0.426 e. The van der Waals surface area contributed by atoms with E-state index in [4.69, 9.17) is 4.74 Å². The Morgan fingerprint density at radius 2 is 1.59 bits per heavy atom. The van der Waals surface area contributed by atoms with Crippen LogP contribution in [0.5, 0.6) is 5.75 Å². The predicted octanol–water partition coefficient (Wildman–Crippen LogP) is 4.42. The van der Waals surface area contributed by atoms with Crippen LogP contribution in [0.15, 0.2) is 36.7 Å². The summed E-state index contributed by atoms with van der Waals surface area (Å²) < 4.78 is 7.06. The van der Waals surface area contributed by atoms with Gasteiger partial charge in [-0.3, -0.25) is 4.79 Å². The van der Waals surface area contributed by atoms with E-state index in [0.717, 1.165) is 14.2 Å². The lowest BCUT2D eigenvalue weighted by Crippen LogP contribution is -2.66. The Hall–Kier alpha value is -1.28. The van der Waals surface area contributed by atoms with Crippen molar-refractivity contribution in [2.75, 3.05) is 0 Å². The number of hydrogen-bond donors (Lipinski definition) is 0. The van der Waals surface area contributed by atoms with Gasteiger partial charge in [-0.15, -0.1) is 0 Å². The monoisotopic (exact) mass is 496 g/mol. The van der Waals surface area contributed by atoms with E-state index < -0.39 is 13.5 Å². The van der Waals surface area contributed by atoms with Crippen LogP contribution in [-0.4, -0.2) is 24.0 Å². The molecule has 6 heteroatoms. The minimum absolute atomic E-state index is 0.227. The lowest BCUT2D eigenvalue weighted by Gasteiger charge is -2.39. The van der Waals surface area contributed by atoms with Crippen molar-refractivity contribution in [2.24, 2.45) is 5.41 Å². The summed E-state index contributed by atoms with van der Waals surface area (Å²) in [6.45, 7) is 14.6. The molecule has 2 rings (SSSR count). The highest BCUT2D eigenvalue weighted by Gasteiger charge is 2.49. The van der Waals surface area contributed by atoms with Crippen LogP contribution in [0.4, 0.5) is 0 Å². The molecule has 1 heterocycles. The zero-order valence-electron chi connectivity index (χ0n) is 17.2. The Morgan fingerprint density at radius 1 is 1.04 bits per heavy atom. The summed E-state index contributed by atoms with van der Waals surface area (Å²) in [4.78, 5) is 22.0. The van der Waals surface area contributed by atoms with Crippen molar-refractivity contribution < 1.29 is 9.53 Å². The van der Waals surface area contributed by atoms with Gasteiger partial charge in [-0.25, -0.2) is 9.97 Å². The standard InChI is InChI=1S/C21H29IN2O2Si/c1-14(2)27(15(3)4,20-23-12-9-13-24-20)18-16(22)10-8-11-17(18)26-19(25)21(5,6)7/h8-15H,1-7H3. The van der Waals surface area contributed by atoms with Crippen LogP contribution in [-0.2, 0) is 4.79 Å². The van der Waals surface area contributed by atoms with Crippen molar-refractivity contribution in [1.82, 2.24) is 9.97 Å². The van der Waals surface area contributed by atoms with Crippen molar-refractivity contribution >= 4 is 47.3 Å². The zero-order valence-corrected chi connectivity index (χ0v) is 20.4. The molecule has 27 heavy (non-hydrogen) atoms. The van der Waals surface area contributed by atoms with E-state index in [1.807, 2.05) is 51.4 Å². The van der Waals surface area contributed by atoms with Gasteiger partial charge in [-0.2, -0.15) is 0 Å². The number of aromatic nitrogens is 2. The summed E-state index contributed by atoms with van der Waals surface area (Å²) >= 11 is 2.36. The van der Waals surface area contributed by atoms with Crippen molar-refractivity contribution in [3.8, 4) is 5.75 Å². The first-order valence-electron chi connectivity index (χ1n) is 9.31. The van der Waals surface area contributed by atoms with Crippen LogP contribution in [0.25, 0.3) is 0 Å². The Labute approximate surface area is 177 Å². The second kappa shape index (κ2) is 8.39. The highest BCUT2D eigenvalue weighted by molar-refractivity contribution is 14.1. The second-order valence-corrected chi connectivity index (χ2v) is 14.7. The number of rotatable bonds is 5. The summed E-state index contributed by atoms with van der Waals surface area (Å²) in [5.41, 5.74) is 1.000. The van der Waals surface area contributed by atoms with Crippen LogP contribution in [0.1, 0.15) is 48.5 Å². The smallest absolute Gasteiger partial charge is 0.316 e. The molecule has 0 aliphatic carbocycles. The molecule has 1 aromatic heterocycles. The van der Waals surface area contributed by atoms with E-state index in [0.29, 0.717) is 16.8 Å². The first kappa shape index (κ1) is 22.0. The molecule has 1 aromatic carbocycles. The lowest BCUT2D eigenvalue weighted by atomic mass is 9.97. The first-order valence-corrected chi connectivity index (χ1v) is 12.5. The van der Waals surface area contributed by atoms with E-state index in [-0.39, 0.29) is 5.97 Å². The molecule has 0 atom stereocenters. The Balaban J connectivity index is 2.79. The number of carbonyl (C=O) groups is 1. The highest BCUT2D eigenvalue weighted by atomic mass is 127. The van der Waals surface area contributed by atoms with E-state index >= 15 is 0 Å². The largest absolute Gasteiger partial charge is 0.426 e. The number of esters is 1. The molecule has 0 unspecified atom stereocenters. The summed E-state index contributed by atoms with van der Waals surface area (Å²) in [5, 5.41) is 1.12. The van der Waals surface area contributed by atoms with Gasteiger partial charge in [0.15, 0.2) is 8.07 Å². The van der Waals surface area contributed by atoms with Crippen LogP contribution >= 0.6 is 22.6 Å². The van der Waals surface area contributed by atoms with Gasteiger partial charge in [0.05, 0.1) is 5.41 Å². The molecule has 0 saturated carbocycles. The van der Waals surface area contributed by atoms with Crippen LogP contribution in [0.2, 0.25) is 11.1 Å². The number of ether oxygens (including phenoxy) is 1. The van der Waals surface area contributed by atoms with Crippen molar-refractivity contribution in [3.05, 3.63) is 40.2 Å². The lowest BCUT2D eigenvalue weighted by molar-refractivity contribution is -0.142. The molecule has 0 amide bonds. The van der Waals surface area contributed by atoms with Gasteiger partial charge < -0.3 is 4.74 Å². The maximum Gasteiger partial charge on any atom is 0.316 e. The molecule has 0 spiro atoms. The molecular weight excluding hydrogens is 467 g/mol. The molecule has 0 aliphatic rings. The molecule has 0 N–H and O–H groups in total. The molecular formula is C21H29IN2O2Si. The molecule has 0 bridgehead atoms. The summed E-state index contributed by atoms with van der Waals surface area (Å²) in [5.74, 6) is 0.429. The average Bonchev–Trinajstić information content (AvgIpc) is 2.57. The van der Waals surface area contributed by atoms with Gasteiger partial charge in [0.25, 0.3) is 0 Å². The quantitative estimate of drug-likeness (QED) is 0.266. The first-order chi connectivity index (χ1) is 12.5. The Kier molecular flexibility index (Phi) is 6.84. The van der Waals surface area contributed by atoms with Gasteiger partial charge in [0, 0.05) is 21.2 Å². The molecule has 0 fully saturated rings. The molecule has 0 aliphatic heterocycles. The third kappa shape index (κ3) is 4.26. The van der Waals surface area contributed by atoms with Crippen LogP contribution < -0.4 is 15.4 Å². The normalized spacial score (nSPS) is 12.5. The maximum atomic E-state index is 12.7. The molecule has 4 nitrogen and oxygen atoms in total. The number of halogens is 1. The SMILES string of the molecule is CC(C)[Si](c1ncccn1)(c1c(I)cccc1OC(=O)C(C)(C)C)C(C)C. The highest BCUT2D eigenvalue weighted by Crippen LogP contribution is 2.35. The van der Waals surface area contributed by atoms with Crippen LogP contribution in [0, 0.1) is 8.99 Å². The predicted molar refractivity (Wildman–Crippen MR) is 121 cm³/mol. The average molecular weight is 496 g/mol. The van der Waals surface area contributed by atoms with Crippen molar-refractivity contribution in [1.29, 1.82) is 0 Å². The van der Waals surface area contributed by atoms with Crippen molar-refractivity contribution in [2.45, 2.75) is 59.5 Å². The minimum atomic E-state index is -2.42. The Bertz CT molecular complexity index is 794. The Morgan fingerprint density at radius 3 is 2.07 bits per heavy atom.